The number of nitrogens with zero attached hydrogens (tertiary/aromatic N) is 1. The number of rotatable bonds is 0. The highest BCUT2D eigenvalue weighted by Gasteiger charge is 2.32. The molecule has 1 aliphatic rings. The molecule has 0 spiro atoms. The van der Waals surface area contributed by atoms with Crippen LogP contribution in [0.3, 0.4) is 0 Å². The first-order chi connectivity index (χ1) is 6.29. The van der Waals surface area contributed by atoms with Crippen LogP contribution in [0, 0.1) is 5.92 Å². The summed E-state index contributed by atoms with van der Waals surface area (Å²) >= 11 is 0. The van der Waals surface area contributed by atoms with Gasteiger partial charge in [-0.25, -0.2) is 4.79 Å². The molecule has 14 heavy (non-hydrogen) atoms. The van der Waals surface area contributed by atoms with Crippen molar-refractivity contribution in [2.45, 2.75) is 52.7 Å². The van der Waals surface area contributed by atoms with E-state index in [0.29, 0.717) is 12.0 Å². The lowest BCUT2D eigenvalue weighted by Crippen LogP contribution is -2.38. The van der Waals surface area contributed by atoms with Gasteiger partial charge in [0.2, 0.25) is 0 Å². The summed E-state index contributed by atoms with van der Waals surface area (Å²) in [4.78, 5) is 13.5. The number of hydrogen-bond acceptors (Lipinski definition) is 2. The zero-order valence-electron chi connectivity index (χ0n) is 9.83. The fourth-order valence-corrected chi connectivity index (χ4v) is 1.87. The van der Waals surface area contributed by atoms with Gasteiger partial charge < -0.3 is 9.64 Å². The number of likely N-dealkylation sites (tertiary alicyclic amines) is 1. The Morgan fingerprint density at radius 3 is 2.29 bits per heavy atom. The second-order valence-electron chi connectivity index (χ2n) is 5.32. The molecule has 0 aliphatic carbocycles. The fraction of sp³-hybridized carbons (Fsp3) is 0.909. The van der Waals surface area contributed by atoms with Gasteiger partial charge >= 0.3 is 6.09 Å². The molecule has 1 heterocycles. The van der Waals surface area contributed by atoms with Gasteiger partial charge in [-0.2, -0.15) is 0 Å². The highest BCUT2D eigenvalue weighted by molar-refractivity contribution is 5.68. The third-order valence-electron chi connectivity index (χ3n) is 2.41. The van der Waals surface area contributed by atoms with E-state index in [1.54, 1.807) is 0 Å². The van der Waals surface area contributed by atoms with Gasteiger partial charge in [0.25, 0.3) is 0 Å². The maximum absolute atomic E-state index is 11.7. The number of ether oxygens (including phenoxy) is 1. The van der Waals surface area contributed by atoms with E-state index in [1.165, 1.54) is 0 Å². The van der Waals surface area contributed by atoms with Crippen molar-refractivity contribution in [2.24, 2.45) is 5.92 Å². The minimum absolute atomic E-state index is 0.172. The molecule has 0 unspecified atom stereocenters. The first-order valence-corrected chi connectivity index (χ1v) is 5.29. The molecule has 3 nitrogen and oxygen atoms in total. The monoisotopic (exact) mass is 199 g/mol. The minimum Gasteiger partial charge on any atom is -0.444 e. The number of hydrogen-bond donors (Lipinski definition) is 0. The Kier molecular flexibility index (Phi) is 3.07. The summed E-state index contributed by atoms with van der Waals surface area (Å²) in [6, 6.07) is 0.319. The smallest absolute Gasteiger partial charge is 0.410 e. The first-order valence-electron chi connectivity index (χ1n) is 5.29. The highest BCUT2D eigenvalue weighted by atomic mass is 16.6. The van der Waals surface area contributed by atoms with Gasteiger partial charge in [-0.05, 0) is 40.0 Å². The lowest BCUT2D eigenvalue weighted by molar-refractivity contribution is 0.0234. The molecule has 1 saturated heterocycles. The predicted molar refractivity (Wildman–Crippen MR) is 56.2 cm³/mol. The molecule has 1 rings (SSSR count). The van der Waals surface area contributed by atoms with Crippen LogP contribution < -0.4 is 0 Å². The van der Waals surface area contributed by atoms with Crippen LogP contribution in [0.4, 0.5) is 4.79 Å². The number of carbonyl (C=O) groups is 1. The van der Waals surface area contributed by atoms with Gasteiger partial charge in [0, 0.05) is 12.6 Å². The van der Waals surface area contributed by atoms with Gasteiger partial charge in [0.1, 0.15) is 5.60 Å². The van der Waals surface area contributed by atoms with Gasteiger partial charge in [-0.1, -0.05) is 6.92 Å². The molecule has 0 radical (unpaired) electrons. The Hall–Kier alpha value is -0.730. The number of carbonyl (C=O) groups excluding carboxylic acids is 1. The molecule has 0 aromatic heterocycles. The van der Waals surface area contributed by atoms with Crippen LogP contribution in [0.5, 0.6) is 0 Å². The van der Waals surface area contributed by atoms with E-state index in [1.807, 2.05) is 25.7 Å². The summed E-state index contributed by atoms with van der Waals surface area (Å²) < 4.78 is 5.33. The van der Waals surface area contributed by atoms with Crippen LogP contribution in [-0.2, 0) is 4.74 Å². The van der Waals surface area contributed by atoms with Crippen molar-refractivity contribution in [3.63, 3.8) is 0 Å². The molecule has 0 aromatic rings. The molecule has 82 valence electrons. The van der Waals surface area contributed by atoms with E-state index >= 15 is 0 Å². The van der Waals surface area contributed by atoms with Crippen molar-refractivity contribution < 1.29 is 9.53 Å². The third-order valence-corrected chi connectivity index (χ3v) is 2.41. The van der Waals surface area contributed by atoms with Crippen molar-refractivity contribution in [3.8, 4) is 0 Å². The zero-order chi connectivity index (χ0) is 10.9. The standard InChI is InChI=1S/C11H21NO2/c1-8-6-9(2)12(7-8)10(13)14-11(3,4)5/h8-9H,6-7H2,1-5H3/t8-,9+/m1/s1. The molecule has 0 saturated carbocycles. The largest absolute Gasteiger partial charge is 0.444 e. The zero-order valence-corrected chi connectivity index (χ0v) is 9.83. The average Bonchev–Trinajstić information content (AvgIpc) is 2.26. The molecule has 0 N–H and O–H groups in total. The summed E-state index contributed by atoms with van der Waals surface area (Å²) in [6.07, 6.45) is 0.911. The topological polar surface area (TPSA) is 29.5 Å². The van der Waals surface area contributed by atoms with E-state index < -0.39 is 0 Å². The third kappa shape index (κ3) is 2.89. The van der Waals surface area contributed by atoms with Crippen LogP contribution in [-0.4, -0.2) is 29.2 Å². The van der Waals surface area contributed by atoms with E-state index in [-0.39, 0.29) is 11.7 Å². The Labute approximate surface area is 86.4 Å². The Balaban J connectivity index is 2.53. The quantitative estimate of drug-likeness (QED) is 0.600. The van der Waals surface area contributed by atoms with Gasteiger partial charge in [-0.15, -0.1) is 0 Å². The molecule has 1 amide bonds. The highest BCUT2D eigenvalue weighted by Crippen LogP contribution is 2.24. The van der Waals surface area contributed by atoms with Gasteiger partial charge in [-0.3, -0.25) is 0 Å². The fourth-order valence-electron chi connectivity index (χ4n) is 1.87. The summed E-state index contributed by atoms with van der Waals surface area (Å²) in [7, 11) is 0. The van der Waals surface area contributed by atoms with E-state index in [0.717, 1.165) is 13.0 Å². The van der Waals surface area contributed by atoms with E-state index in [9.17, 15) is 4.79 Å². The summed E-state index contributed by atoms with van der Waals surface area (Å²) in [5.41, 5.74) is -0.386. The molecule has 0 aromatic carbocycles. The van der Waals surface area contributed by atoms with Crippen molar-refractivity contribution in [1.82, 2.24) is 4.90 Å². The predicted octanol–water partition coefficient (Wildman–Crippen LogP) is 2.65. The Morgan fingerprint density at radius 2 is 1.93 bits per heavy atom. The lowest BCUT2D eigenvalue weighted by atomic mass is 10.1. The van der Waals surface area contributed by atoms with Crippen molar-refractivity contribution in [1.29, 1.82) is 0 Å². The Morgan fingerprint density at radius 1 is 1.36 bits per heavy atom. The minimum atomic E-state index is -0.386. The summed E-state index contributed by atoms with van der Waals surface area (Å²) in [5.74, 6) is 0.595. The Bertz CT molecular complexity index is 220. The van der Waals surface area contributed by atoms with E-state index in [2.05, 4.69) is 13.8 Å². The molecule has 1 aliphatic heterocycles. The average molecular weight is 199 g/mol. The molecule has 2 atom stereocenters. The van der Waals surface area contributed by atoms with E-state index in [4.69, 9.17) is 4.74 Å². The molecule has 3 heteroatoms. The maximum Gasteiger partial charge on any atom is 0.410 e. The normalized spacial score (nSPS) is 27.9. The van der Waals surface area contributed by atoms with Crippen LogP contribution in [0.25, 0.3) is 0 Å². The van der Waals surface area contributed by atoms with Crippen LogP contribution in [0.2, 0.25) is 0 Å². The first kappa shape index (κ1) is 11.3. The summed E-state index contributed by atoms with van der Waals surface area (Å²) in [5, 5.41) is 0. The second kappa shape index (κ2) is 3.79. The van der Waals surface area contributed by atoms with Crippen molar-refractivity contribution in [2.75, 3.05) is 6.54 Å². The number of amides is 1. The summed E-state index contributed by atoms with van der Waals surface area (Å²) in [6.45, 7) is 10.8. The molecular weight excluding hydrogens is 178 g/mol. The van der Waals surface area contributed by atoms with Crippen LogP contribution in [0.15, 0.2) is 0 Å². The van der Waals surface area contributed by atoms with Gasteiger partial charge in [0.15, 0.2) is 0 Å². The molecule has 1 fully saturated rings. The van der Waals surface area contributed by atoms with Gasteiger partial charge in [0.05, 0.1) is 0 Å². The van der Waals surface area contributed by atoms with Crippen molar-refractivity contribution in [3.05, 3.63) is 0 Å². The second-order valence-corrected chi connectivity index (χ2v) is 5.32. The maximum atomic E-state index is 11.7. The van der Waals surface area contributed by atoms with Crippen molar-refractivity contribution >= 4 is 6.09 Å². The van der Waals surface area contributed by atoms with Crippen LogP contribution >= 0.6 is 0 Å². The molecular formula is C11H21NO2. The SMILES string of the molecule is C[C@@H]1C[C@H](C)N(C(=O)OC(C)(C)C)C1. The lowest BCUT2D eigenvalue weighted by Gasteiger charge is -2.26. The van der Waals surface area contributed by atoms with Crippen LogP contribution in [0.1, 0.15) is 41.0 Å². The molecule has 0 bridgehead atoms.